The van der Waals surface area contributed by atoms with Crippen molar-refractivity contribution in [2.45, 2.75) is 31.6 Å². The number of amidine groups is 1. The summed E-state index contributed by atoms with van der Waals surface area (Å²) in [5.41, 5.74) is 0.847. The highest BCUT2D eigenvalue weighted by Gasteiger charge is 2.19. The summed E-state index contributed by atoms with van der Waals surface area (Å²) in [4.78, 5) is 16.7. The van der Waals surface area contributed by atoms with Crippen molar-refractivity contribution in [1.29, 1.82) is 0 Å². The highest BCUT2D eigenvalue weighted by molar-refractivity contribution is 7.90. The second-order valence-electron chi connectivity index (χ2n) is 7.25. The molecule has 154 valence electrons. The summed E-state index contributed by atoms with van der Waals surface area (Å²) in [6.45, 7) is 5.36. The summed E-state index contributed by atoms with van der Waals surface area (Å²) in [5.74, 6) is 1.25. The van der Waals surface area contributed by atoms with Crippen LogP contribution in [0.1, 0.15) is 37.0 Å². The van der Waals surface area contributed by atoms with Crippen LogP contribution in [0.25, 0.3) is 0 Å². The van der Waals surface area contributed by atoms with E-state index in [1.165, 1.54) is 12.1 Å². The monoisotopic (exact) mass is 415 g/mol. The summed E-state index contributed by atoms with van der Waals surface area (Å²) in [6.07, 6.45) is 1.46. The molecule has 0 radical (unpaired) electrons. The van der Waals surface area contributed by atoms with Gasteiger partial charge in [-0.2, -0.15) is 0 Å². The normalized spacial score (nSPS) is 13.8. The van der Waals surface area contributed by atoms with Crippen molar-refractivity contribution in [1.82, 2.24) is 4.72 Å². The van der Waals surface area contributed by atoms with Gasteiger partial charge in [0.05, 0.1) is 11.5 Å². The molecule has 29 heavy (non-hydrogen) atoms. The van der Waals surface area contributed by atoms with Gasteiger partial charge in [-0.15, -0.1) is 0 Å². The summed E-state index contributed by atoms with van der Waals surface area (Å²) >= 11 is 0. The zero-order valence-corrected chi connectivity index (χ0v) is 17.3. The van der Waals surface area contributed by atoms with E-state index in [1.54, 1.807) is 36.4 Å². The predicted molar refractivity (Wildman–Crippen MR) is 113 cm³/mol. The standard InChI is InChI=1S/C21H25N3O4S/c1-15(2)14-28-18-10-8-16(9-11-18)21(25)23-17-5-3-6-19(13-17)29(26,27)24-20-7-4-12-22-20/h3,5-6,8-11,13,15H,4,7,12,14H2,1-2H3,(H,22,24)(H,23,25). The lowest BCUT2D eigenvalue weighted by Gasteiger charge is -2.11. The van der Waals surface area contributed by atoms with Crippen LogP contribution >= 0.6 is 0 Å². The number of aliphatic imine (C=N–C) groups is 1. The lowest BCUT2D eigenvalue weighted by atomic mass is 10.2. The van der Waals surface area contributed by atoms with E-state index in [-0.39, 0.29) is 10.8 Å². The summed E-state index contributed by atoms with van der Waals surface area (Å²) in [5, 5.41) is 2.73. The van der Waals surface area contributed by atoms with Crippen LogP contribution in [0.2, 0.25) is 0 Å². The molecule has 1 aliphatic heterocycles. The van der Waals surface area contributed by atoms with E-state index >= 15 is 0 Å². The molecular formula is C21H25N3O4S. The fourth-order valence-electron chi connectivity index (χ4n) is 2.75. The molecule has 2 aromatic rings. The average molecular weight is 416 g/mol. The van der Waals surface area contributed by atoms with Crippen LogP contribution in [-0.2, 0) is 10.0 Å². The quantitative estimate of drug-likeness (QED) is 0.724. The first-order valence-corrected chi connectivity index (χ1v) is 11.0. The van der Waals surface area contributed by atoms with E-state index in [9.17, 15) is 13.2 Å². The fourth-order valence-corrected chi connectivity index (χ4v) is 3.88. The molecule has 0 spiro atoms. The van der Waals surface area contributed by atoms with Gasteiger partial charge >= 0.3 is 0 Å². The van der Waals surface area contributed by atoms with Gasteiger partial charge in [-0.1, -0.05) is 19.9 Å². The van der Waals surface area contributed by atoms with Crippen molar-refractivity contribution in [3.8, 4) is 5.75 Å². The molecule has 2 aromatic carbocycles. The molecule has 0 saturated carbocycles. The van der Waals surface area contributed by atoms with E-state index in [0.717, 1.165) is 6.42 Å². The van der Waals surface area contributed by atoms with Gasteiger partial charge in [0.1, 0.15) is 11.6 Å². The van der Waals surface area contributed by atoms with Gasteiger partial charge in [0.15, 0.2) is 0 Å². The van der Waals surface area contributed by atoms with Crippen LogP contribution < -0.4 is 14.8 Å². The van der Waals surface area contributed by atoms with Crippen molar-refractivity contribution >= 4 is 27.5 Å². The van der Waals surface area contributed by atoms with Gasteiger partial charge < -0.3 is 10.1 Å². The third-order valence-corrected chi connectivity index (χ3v) is 5.61. The number of hydrogen-bond acceptors (Lipinski definition) is 5. The molecule has 2 N–H and O–H groups in total. The van der Waals surface area contributed by atoms with Crippen molar-refractivity contribution in [2.24, 2.45) is 10.9 Å². The number of hydrogen-bond donors (Lipinski definition) is 2. The second-order valence-corrected chi connectivity index (χ2v) is 8.93. The zero-order valence-electron chi connectivity index (χ0n) is 16.5. The van der Waals surface area contributed by atoms with E-state index in [0.29, 0.717) is 48.3 Å². The van der Waals surface area contributed by atoms with Gasteiger partial charge in [-0.3, -0.25) is 14.5 Å². The van der Waals surface area contributed by atoms with Crippen LogP contribution in [0.4, 0.5) is 5.69 Å². The second kappa shape index (κ2) is 9.09. The Kier molecular flexibility index (Phi) is 6.53. The minimum Gasteiger partial charge on any atom is -0.493 e. The van der Waals surface area contributed by atoms with Gasteiger partial charge in [0.2, 0.25) is 0 Å². The summed E-state index contributed by atoms with van der Waals surface area (Å²) < 4.78 is 33.2. The van der Waals surface area contributed by atoms with Gasteiger partial charge in [-0.05, 0) is 54.8 Å². The maximum absolute atomic E-state index is 12.5. The molecule has 1 aliphatic rings. The molecule has 7 nitrogen and oxygen atoms in total. The molecule has 0 unspecified atom stereocenters. The predicted octanol–water partition coefficient (Wildman–Crippen LogP) is 3.44. The molecule has 3 rings (SSSR count). The van der Waals surface area contributed by atoms with Gasteiger partial charge in [0, 0.05) is 24.2 Å². The van der Waals surface area contributed by atoms with E-state index in [1.807, 2.05) is 0 Å². The minimum absolute atomic E-state index is 0.0716. The third kappa shape index (κ3) is 5.80. The molecule has 0 aromatic heterocycles. The number of rotatable bonds is 7. The first kappa shape index (κ1) is 20.9. The highest BCUT2D eigenvalue weighted by Crippen LogP contribution is 2.18. The fraction of sp³-hybridized carbons (Fsp3) is 0.333. The minimum atomic E-state index is -3.73. The maximum Gasteiger partial charge on any atom is 0.262 e. The van der Waals surface area contributed by atoms with Crippen molar-refractivity contribution in [3.63, 3.8) is 0 Å². The Morgan fingerprint density at radius 3 is 2.59 bits per heavy atom. The Bertz CT molecular complexity index is 999. The van der Waals surface area contributed by atoms with Crippen LogP contribution in [0.15, 0.2) is 58.4 Å². The van der Waals surface area contributed by atoms with Gasteiger partial charge in [0.25, 0.3) is 15.9 Å². The number of amides is 1. The number of anilines is 1. The lowest BCUT2D eigenvalue weighted by Crippen LogP contribution is -2.29. The highest BCUT2D eigenvalue weighted by atomic mass is 32.2. The number of benzene rings is 2. The lowest BCUT2D eigenvalue weighted by molar-refractivity contribution is 0.102. The number of carbonyl (C=O) groups excluding carboxylic acids is 1. The number of nitrogens with one attached hydrogen (secondary N) is 2. The van der Waals surface area contributed by atoms with Crippen molar-refractivity contribution in [3.05, 3.63) is 54.1 Å². The largest absolute Gasteiger partial charge is 0.493 e. The molecule has 0 fully saturated rings. The van der Waals surface area contributed by atoms with E-state index < -0.39 is 10.0 Å². The van der Waals surface area contributed by atoms with Crippen molar-refractivity contribution < 1.29 is 17.9 Å². The molecule has 0 atom stereocenters. The Morgan fingerprint density at radius 1 is 1.17 bits per heavy atom. The number of nitrogens with zero attached hydrogens (tertiary/aromatic N) is 1. The zero-order chi connectivity index (χ0) is 20.9. The van der Waals surface area contributed by atoms with Crippen LogP contribution in [0.5, 0.6) is 5.75 Å². The van der Waals surface area contributed by atoms with E-state index in [2.05, 4.69) is 28.9 Å². The van der Waals surface area contributed by atoms with Crippen LogP contribution in [0.3, 0.4) is 0 Å². The molecule has 1 amide bonds. The Hall–Kier alpha value is -2.87. The Balaban J connectivity index is 1.67. The van der Waals surface area contributed by atoms with Crippen molar-refractivity contribution in [2.75, 3.05) is 18.5 Å². The third-order valence-electron chi connectivity index (χ3n) is 4.23. The molecule has 0 bridgehead atoms. The molecular weight excluding hydrogens is 390 g/mol. The van der Waals surface area contributed by atoms with Crippen LogP contribution in [0, 0.1) is 5.92 Å². The maximum atomic E-state index is 12.5. The van der Waals surface area contributed by atoms with Crippen LogP contribution in [-0.4, -0.2) is 33.3 Å². The summed E-state index contributed by atoms with van der Waals surface area (Å²) in [6, 6.07) is 13.0. The Labute approximate surface area is 171 Å². The molecule has 0 aliphatic carbocycles. The topological polar surface area (TPSA) is 96.9 Å². The number of sulfonamides is 1. The smallest absolute Gasteiger partial charge is 0.262 e. The number of carbonyl (C=O) groups is 1. The summed E-state index contributed by atoms with van der Waals surface area (Å²) in [7, 11) is -3.73. The van der Waals surface area contributed by atoms with E-state index in [4.69, 9.17) is 4.74 Å². The first-order chi connectivity index (χ1) is 13.8. The SMILES string of the molecule is CC(C)COc1ccc(C(=O)Nc2cccc(S(=O)(=O)NC3=NCCC3)c2)cc1. The molecule has 8 heteroatoms. The Morgan fingerprint density at radius 2 is 1.93 bits per heavy atom. The van der Waals surface area contributed by atoms with Gasteiger partial charge in [-0.25, -0.2) is 8.42 Å². The molecule has 1 heterocycles. The number of ether oxygens (including phenoxy) is 1. The average Bonchev–Trinajstić information content (AvgIpc) is 3.19. The first-order valence-electron chi connectivity index (χ1n) is 9.54. The molecule has 0 saturated heterocycles.